The van der Waals surface area contributed by atoms with Crippen molar-refractivity contribution in [3.8, 4) is 0 Å². The van der Waals surface area contributed by atoms with E-state index in [1.807, 2.05) is 19.9 Å². The molecule has 4 N–H and O–H groups in total. The Labute approximate surface area is 190 Å². The number of benzene rings is 2. The van der Waals surface area contributed by atoms with Crippen molar-refractivity contribution in [2.75, 3.05) is 5.32 Å². The first-order valence-electron chi connectivity index (χ1n) is 9.34. The van der Waals surface area contributed by atoms with E-state index in [2.05, 4.69) is 20.0 Å². The number of hydrogen-bond donors (Lipinski definition) is 3. The highest BCUT2D eigenvalue weighted by molar-refractivity contribution is 7.89. The number of sulfonamides is 1. The van der Waals surface area contributed by atoms with Crippen molar-refractivity contribution in [1.29, 1.82) is 0 Å². The molecule has 0 spiro atoms. The van der Waals surface area contributed by atoms with Crippen molar-refractivity contribution in [2.24, 2.45) is 11.7 Å². The van der Waals surface area contributed by atoms with E-state index < -0.39 is 22.0 Å². The highest BCUT2D eigenvalue weighted by Crippen LogP contribution is 2.26. The number of carbonyl (C=O) groups is 1. The summed E-state index contributed by atoms with van der Waals surface area (Å²) in [6.07, 6.45) is 0. The van der Waals surface area contributed by atoms with Crippen molar-refractivity contribution in [1.82, 2.24) is 14.7 Å². The number of nitrogens with two attached hydrogens (primary N) is 1. The van der Waals surface area contributed by atoms with Crippen LogP contribution in [0.1, 0.15) is 19.7 Å². The fourth-order valence-electron chi connectivity index (χ4n) is 2.95. The van der Waals surface area contributed by atoms with Gasteiger partial charge in [0.15, 0.2) is 0 Å². The maximum absolute atomic E-state index is 12.7. The molecule has 1 heterocycles. The van der Waals surface area contributed by atoms with E-state index in [1.165, 1.54) is 18.2 Å². The second-order valence-corrected chi connectivity index (χ2v) is 9.75. The summed E-state index contributed by atoms with van der Waals surface area (Å²) < 4.78 is 27.8. The van der Waals surface area contributed by atoms with Gasteiger partial charge < -0.3 is 11.1 Å². The van der Waals surface area contributed by atoms with Gasteiger partial charge in [0.1, 0.15) is 22.6 Å². The topological polar surface area (TPSA) is 127 Å². The molecule has 0 unspecified atom stereocenters. The Morgan fingerprint density at radius 1 is 1.13 bits per heavy atom. The molecule has 31 heavy (non-hydrogen) atoms. The van der Waals surface area contributed by atoms with Crippen molar-refractivity contribution in [2.45, 2.75) is 31.3 Å². The summed E-state index contributed by atoms with van der Waals surface area (Å²) in [5.74, 6) is -0.0123. The van der Waals surface area contributed by atoms with Gasteiger partial charge in [0, 0.05) is 10.4 Å². The molecular weight excluding hydrogens is 461 g/mol. The van der Waals surface area contributed by atoms with Crippen LogP contribution in [0.25, 0.3) is 10.9 Å². The Balaban J connectivity index is 1.94. The molecule has 0 bridgehead atoms. The molecule has 1 atom stereocenters. The van der Waals surface area contributed by atoms with Gasteiger partial charge in [-0.1, -0.05) is 49.2 Å². The average molecular weight is 482 g/mol. The predicted molar refractivity (Wildman–Crippen MR) is 121 cm³/mol. The van der Waals surface area contributed by atoms with Crippen molar-refractivity contribution < 1.29 is 13.2 Å². The standard InChI is InChI=1S/C20H21Cl2N5O3S/c1-11(2)18(19(23)28)27-20-13-5-3-4-6-15(13)25-17(26-20)10-24-31(29,30)16-9-12(21)7-8-14(16)22/h3-9,11,18,24H,10H2,1-2H3,(H2,23,28)(H,25,26,27)/t18-/m0/s1. The molecule has 1 amide bonds. The second kappa shape index (κ2) is 9.35. The van der Waals surface area contributed by atoms with Crippen LogP contribution in [-0.2, 0) is 21.4 Å². The van der Waals surface area contributed by atoms with Gasteiger partial charge in [-0.2, -0.15) is 0 Å². The first-order chi connectivity index (χ1) is 14.6. The lowest BCUT2D eigenvalue weighted by Gasteiger charge is -2.21. The molecule has 0 aliphatic carbocycles. The Bertz CT molecular complexity index is 1230. The van der Waals surface area contributed by atoms with Crippen LogP contribution in [0.3, 0.4) is 0 Å². The molecule has 11 heteroatoms. The monoisotopic (exact) mass is 481 g/mol. The number of nitrogens with one attached hydrogen (secondary N) is 2. The van der Waals surface area contributed by atoms with E-state index in [-0.39, 0.29) is 33.2 Å². The zero-order valence-electron chi connectivity index (χ0n) is 16.8. The van der Waals surface area contributed by atoms with E-state index in [0.717, 1.165) is 0 Å². The molecule has 0 aliphatic heterocycles. The molecule has 3 rings (SSSR count). The normalized spacial score (nSPS) is 12.8. The molecular formula is C20H21Cl2N5O3S. The first-order valence-corrected chi connectivity index (χ1v) is 11.6. The summed E-state index contributed by atoms with van der Waals surface area (Å²) in [7, 11) is -3.97. The van der Waals surface area contributed by atoms with Crippen LogP contribution in [0.15, 0.2) is 47.4 Å². The highest BCUT2D eigenvalue weighted by Gasteiger charge is 2.22. The number of nitrogens with zero attached hydrogens (tertiary/aromatic N) is 2. The third-order valence-electron chi connectivity index (χ3n) is 4.52. The van der Waals surface area contributed by atoms with Gasteiger partial charge in [-0.05, 0) is 36.2 Å². The zero-order valence-corrected chi connectivity index (χ0v) is 19.1. The number of fused-ring (bicyclic) bond motifs is 1. The van der Waals surface area contributed by atoms with E-state index in [4.69, 9.17) is 28.9 Å². The fraction of sp³-hybridized carbons (Fsp3) is 0.250. The van der Waals surface area contributed by atoms with Crippen LogP contribution < -0.4 is 15.8 Å². The number of amides is 1. The number of primary amides is 1. The number of anilines is 1. The fourth-order valence-corrected chi connectivity index (χ4v) is 4.69. The summed E-state index contributed by atoms with van der Waals surface area (Å²) in [4.78, 5) is 20.5. The van der Waals surface area contributed by atoms with Crippen LogP contribution in [0.4, 0.5) is 5.82 Å². The smallest absolute Gasteiger partial charge is 0.242 e. The lowest BCUT2D eigenvalue weighted by atomic mass is 10.0. The molecule has 2 aromatic carbocycles. The lowest BCUT2D eigenvalue weighted by molar-refractivity contribution is -0.119. The number of rotatable bonds is 8. The zero-order chi connectivity index (χ0) is 22.8. The lowest BCUT2D eigenvalue weighted by Crippen LogP contribution is -2.40. The van der Waals surface area contributed by atoms with Gasteiger partial charge in [0.05, 0.1) is 17.1 Å². The minimum Gasteiger partial charge on any atom is -0.368 e. The molecule has 3 aromatic rings. The van der Waals surface area contributed by atoms with Gasteiger partial charge in [-0.15, -0.1) is 0 Å². The second-order valence-electron chi connectivity index (χ2n) is 7.17. The number of carbonyl (C=O) groups excluding carboxylic acids is 1. The average Bonchev–Trinajstić information content (AvgIpc) is 2.71. The van der Waals surface area contributed by atoms with Crippen molar-refractivity contribution in [3.63, 3.8) is 0 Å². The van der Waals surface area contributed by atoms with Crippen LogP contribution >= 0.6 is 23.2 Å². The Hall–Kier alpha value is -2.46. The quantitative estimate of drug-likeness (QED) is 0.452. The number of para-hydroxylation sites is 1. The van der Waals surface area contributed by atoms with Gasteiger partial charge in [0.25, 0.3) is 0 Å². The minimum atomic E-state index is -3.97. The third kappa shape index (κ3) is 5.43. The van der Waals surface area contributed by atoms with Gasteiger partial charge in [0.2, 0.25) is 15.9 Å². The number of hydrogen-bond acceptors (Lipinski definition) is 6. The molecule has 0 radical (unpaired) electrons. The van der Waals surface area contributed by atoms with Crippen molar-refractivity contribution >= 4 is 55.9 Å². The summed E-state index contributed by atoms with van der Waals surface area (Å²) >= 11 is 11.9. The van der Waals surface area contributed by atoms with Gasteiger partial charge >= 0.3 is 0 Å². The maximum atomic E-state index is 12.7. The largest absolute Gasteiger partial charge is 0.368 e. The Morgan fingerprint density at radius 3 is 2.52 bits per heavy atom. The van der Waals surface area contributed by atoms with Crippen LogP contribution in [0.5, 0.6) is 0 Å². The van der Waals surface area contributed by atoms with E-state index in [9.17, 15) is 13.2 Å². The maximum Gasteiger partial charge on any atom is 0.242 e. The molecule has 164 valence electrons. The molecule has 0 aliphatic rings. The molecule has 1 aromatic heterocycles. The Kier molecular flexibility index (Phi) is 7.00. The van der Waals surface area contributed by atoms with Crippen LogP contribution in [0.2, 0.25) is 10.0 Å². The van der Waals surface area contributed by atoms with Gasteiger partial charge in [-0.3, -0.25) is 4.79 Å². The molecule has 8 nitrogen and oxygen atoms in total. The van der Waals surface area contributed by atoms with E-state index in [0.29, 0.717) is 16.7 Å². The predicted octanol–water partition coefficient (Wildman–Crippen LogP) is 3.34. The van der Waals surface area contributed by atoms with Crippen LogP contribution in [0, 0.1) is 5.92 Å². The number of aromatic nitrogens is 2. The minimum absolute atomic E-state index is 0.0416. The SMILES string of the molecule is CC(C)[C@H](Nc1nc(CNS(=O)(=O)c2cc(Cl)ccc2Cl)nc2ccccc12)C(N)=O. The first kappa shape index (κ1) is 23.2. The van der Waals surface area contributed by atoms with Crippen molar-refractivity contribution in [3.05, 3.63) is 58.3 Å². The molecule has 0 saturated carbocycles. The number of halogens is 2. The van der Waals surface area contributed by atoms with E-state index >= 15 is 0 Å². The van der Waals surface area contributed by atoms with Crippen LogP contribution in [-0.4, -0.2) is 30.3 Å². The summed E-state index contributed by atoms with van der Waals surface area (Å²) in [5.41, 5.74) is 6.10. The summed E-state index contributed by atoms with van der Waals surface area (Å²) in [5, 5.41) is 4.03. The van der Waals surface area contributed by atoms with E-state index in [1.54, 1.807) is 18.2 Å². The van der Waals surface area contributed by atoms with Gasteiger partial charge in [-0.25, -0.2) is 23.1 Å². The summed E-state index contributed by atoms with van der Waals surface area (Å²) in [6, 6.07) is 10.7. The summed E-state index contributed by atoms with van der Waals surface area (Å²) in [6.45, 7) is 3.51. The highest BCUT2D eigenvalue weighted by atomic mass is 35.5. The Morgan fingerprint density at radius 2 is 1.84 bits per heavy atom. The molecule has 0 saturated heterocycles. The third-order valence-corrected chi connectivity index (χ3v) is 6.64. The molecule has 0 fully saturated rings.